The van der Waals surface area contributed by atoms with Crippen molar-refractivity contribution < 1.29 is 14.1 Å². The maximum absolute atomic E-state index is 12.8. The molecule has 1 atom stereocenters. The molecule has 3 heterocycles. The average molecular weight is 348 g/mol. The highest BCUT2D eigenvalue weighted by molar-refractivity contribution is 7.14. The van der Waals surface area contributed by atoms with Gasteiger partial charge in [0.1, 0.15) is 0 Å². The second kappa shape index (κ2) is 7.12. The van der Waals surface area contributed by atoms with Crippen molar-refractivity contribution in [2.75, 3.05) is 6.54 Å². The Morgan fingerprint density at radius 2 is 2.29 bits per heavy atom. The fourth-order valence-corrected chi connectivity index (χ4v) is 3.67. The van der Waals surface area contributed by atoms with E-state index in [9.17, 15) is 9.59 Å². The van der Waals surface area contributed by atoms with Crippen molar-refractivity contribution >= 4 is 23.2 Å². The van der Waals surface area contributed by atoms with Crippen LogP contribution in [-0.2, 0) is 17.8 Å². The molecule has 24 heavy (non-hydrogen) atoms. The van der Waals surface area contributed by atoms with Crippen LogP contribution in [0, 0.1) is 0 Å². The van der Waals surface area contributed by atoms with Crippen LogP contribution in [-0.4, -0.2) is 33.4 Å². The maximum atomic E-state index is 12.8. The number of rotatable bonds is 5. The summed E-state index contributed by atoms with van der Waals surface area (Å²) in [6.07, 6.45) is 2.46. The minimum absolute atomic E-state index is 0.0144. The molecule has 0 spiro atoms. The molecule has 1 aliphatic heterocycles. The van der Waals surface area contributed by atoms with Crippen LogP contribution in [0.5, 0.6) is 0 Å². The third kappa shape index (κ3) is 3.48. The highest BCUT2D eigenvalue weighted by Gasteiger charge is 2.34. The van der Waals surface area contributed by atoms with Crippen molar-refractivity contribution in [2.24, 2.45) is 0 Å². The first-order chi connectivity index (χ1) is 11.6. The Hall–Kier alpha value is -2.22. The minimum atomic E-state index is -0.123. The van der Waals surface area contributed by atoms with E-state index in [0.717, 1.165) is 17.7 Å². The van der Waals surface area contributed by atoms with Crippen LogP contribution in [0.1, 0.15) is 59.0 Å². The van der Waals surface area contributed by atoms with E-state index in [1.54, 1.807) is 0 Å². The quantitative estimate of drug-likeness (QED) is 0.896. The number of thiophene rings is 1. The molecular weight excluding hydrogens is 328 g/mol. The van der Waals surface area contributed by atoms with Crippen LogP contribution in [0.25, 0.3) is 0 Å². The van der Waals surface area contributed by atoms with Gasteiger partial charge in [0, 0.05) is 24.8 Å². The molecule has 0 aromatic carbocycles. The molecule has 0 radical (unpaired) electrons. The normalized spacial score (nSPS) is 17.2. The Morgan fingerprint density at radius 3 is 3.00 bits per heavy atom. The van der Waals surface area contributed by atoms with Gasteiger partial charge in [-0.25, -0.2) is 0 Å². The molecule has 1 N–H and O–H groups in total. The van der Waals surface area contributed by atoms with Gasteiger partial charge in [0.05, 0.1) is 17.5 Å². The predicted octanol–water partition coefficient (Wildman–Crippen LogP) is 2.31. The summed E-state index contributed by atoms with van der Waals surface area (Å²) in [6, 6.07) is 3.57. The third-order valence-corrected chi connectivity index (χ3v) is 5.06. The van der Waals surface area contributed by atoms with Crippen LogP contribution < -0.4 is 5.32 Å². The van der Waals surface area contributed by atoms with Crippen LogP contribution in [0.4, 0.5) is 0 Å². The molecule has 1 fully saturated rings. The van der Waals surface area contributed by atoms with E-state index >= 15 is 0 Å². The Labute approximate surface area is 144 Å². The fraction of sp³-hybridized carbons (Fsp3) is 0.500. The summed E-state index contributed by atoms with van der Waals surface area (Å²) in [5, 5.41) is 6.77. The molecule has 2 aromatic rings. The van der Waals surface area contributed by atoms with Crippen molar-refractivity contribution in [3.05, 3.63) is 33.6 Å². The summed E-state index contributed by atoms with van der Waals surface area (Å²) in [7, 11) is 0. The maximum Gasteiger partial charge on any atom is 0.264 e. The van der Waals surface area contributed by atoms with Gasteiger partial charge in [0.2, 0.25) is 11.8 Å². The lowest BCUT2D eigenvalue weighted by molar-refractivity contribution is -0.119. The predicted molar refractivity (Wildman–Crippen MR) is 88.5 cm³/mol. The molecule has 2 amide bonds. The number of hydrogen-bond acceptors (Lipinski definition) is 6. The average Bonchev–Trinajstić information content (AvgIpc) is 3.30. The van der Waals surface area contributed by atoms with E-state index in [1.807, 2.05) is 24.0 Å². The zero-order valence-corrected chi connectivity index (χ0v) is 14.6. The number of aromatic nitrogens is 2. The van der Waals surface area contributed by atoms with Crippen molar-refractivity contribution in [2.45, 2.75) is 45.7 Å². The minimum Gasteiger partial charge on any atom is -0.351 e. The van der Waals surface area contributed by atoms with E-state index in [2.05, 4.69) is 15.5 Å². The van der Waals surface area contributed by atoms with E-state index in [4.69, 9.17) is 4.52 Å². The lowest BCUT2D eigenvalue weighted by Crippen LogP contribution is -2.30. The van der Waals surface area contributed by atoms with Gasteiger partial charge in [-0.3, -0.25) is 9.59 Å². The SMILES string of the molecule is CCc1nc([C@@H]2CCCN2C(=O)c2ccc(CNC(C)=O)s2)no1. The van der Waals surface area contributed by atoms with Gasteiger partial charge in [-0.1, -0.05) is 12.1 Å². The van der Waals surface area contributed by atoms with Gasteiger partial charge < -0.3 is 14.7 Å². The third-order valence-electron chi connectivity index (χ3n) is 3.98. The van der Waals surface area contributed by atoms with Gasteiger partial charge in [-0.2, -0.15) is 4.98 Å². The van der Waals surface area contributed by atoms with Crippen molar-refractivity contribution in [1.82, 2.24) is 20.4 Å². The molecule has 2 aromatic heterocycles. The number of amides is 2. The Balaban J connectivity index is 1.72. The summed E-state index contributed by atoms with van der Waals surface area (Å²) in [5.41, 5.74) is 0. The van der Waals surface area contributed by atoms with Gasteiger partial charge in [-0.05, 0) is 25.0 Å². The summed E-state index contributed by atoms with van der Waals surface area (Å²) in [4.78, 5) is 31.6. The van der Waals surface area contributed by atoms with E-state index < -0.39 is 0 Å². The highest BCUT2D eigenvalue weighted by atomic mass is 32.1. The van der Waals surface area contributed by atoms with Gasteiger partial charge in [0.25, 0.3) is 5.91 Å². The number of nitrogens with one attached hydrogen (secondary N) is 1. The van der Waals surface area contributed by atoms with E-state index in [0.29, 0.717) is 36.1 Å². The zero-order valence-electron chi connectivity index (χ0n) is 13.7. The topological polar surface area (TPSA) is 88.3 Å². The number of likely N-dealkylation sites (tertiary alicyclic amines) is 1. The molecule has 0 bridgehead atoms. The van der Waals surface area contributed by atoms with Crippen LogP contribution in [0.2, 0.25) is 0 Å². The summed E-state index contributed by atoms with van der Waals surface area (Å²) < 4.78 is 5.18. The Bertz CT molecular complexity index is 739. The van der Waals surface area contributed by atoms with Crippen LogP contribution >= 0.6 is 11.3 Å². The lowest BCUT2D eigenvalue weighted by atomic mass is 10.2. The number of aryl methyl sites for hydroxylation is 1. The molecule has 1 saturated heterocycles. The number of carbonyl (C=O) groups excluding carboxylic acids is 2. The molecule has 0 aliphatic carbocycles. The highest BCUT2D eigenvalue weighted by Crippen LogP contribution is 2.32. The first-order valence-corrected chi connectivity index (χ1v) is 8.86. The second-order valence-corrected chi connectivity index (χ2v) is 6.90. The summed E-state index contributed by atoms with van der Waals surface area (Å²) in [5.74, 6) is 1.09. The zero-order chi connectivity index (χ0) is 17.1. The first-order valence-electron chi connectivity index (χ1n) is 8.05. The summed E-state index contributed by atoms with van der Waals surface area (Å²) >= 11 is 1.41. The number of nitrogens with zero attached hydrogens (tertiary/aromatic N) is 3. The Kier molecular flexibility index (Phi) is 4.94. The van der Waals surface area contributed by atoms with Gasteiger partial charge in [0.15, 0.2) is 5.82 Å². The number of hydrogen-bond donors (Lipinski definition) is 1. The fourth-order valence-electron chi connectivity index (χ4n) is 2.77. The molecule has 7 nitrogen and oxygen atoms in total. The van der Waals surface area contributed by atoms with Crippen molar-refractivity contribution in [1.29, 1.82) is 0 Å². The molecule has 3 rings (SSSR count). The van der Waals surface area contributed by atoms with E-state index in [-0.39, 0.29) is 17.9 Å². The van der Waals surface area contributed by atoms with Crippen LogP contribution in [0.15, 0.2) is 16.7 Å². The van der Waals surface area contributed by atoms with Crippen molar-refractivity contribution in [3.63, 3.8) is 0 Å². The van der Waals surface area contributed by atoms with Crippen molar-refractivity contribution in [3.8, 4) is 0 Å². The molecule has 128 valence electrons. The first kappa shape index (κ1) is 16.6. The number of carbonyl (C=O) groups is 2. The largest absolute Gasteiger partial charge is 0.351 e. The summed E-state index contributed by atoms with van der Waals surface area (Å²) in [6.45, 7) is 4.57. The molecule has 1 aliphatic rings. The smallest absolute Gasteiger partial charge is 0.264 e. The molecular formula is C16H20N4O3S. The van der Waals surface area contributed by atoms with Crippen LogP contribution in [0.3, 0.4) is 0 Å². The Morgan fingerprint density at radius 1 is 1.46 bits per heavy atom. The standard InChI is InChI=1S/C16H20N4O3S/c1-3-14-18-15(19-23-14)12-5-4-8-20(12)16(22)13-7-6-11(24-13)9-17-10(2)21/h6-7,12H,3-5,8-9H2,1-2H3,(H,17,21)/t12-/m0/s1. The monoisotopic (exact) mass is 348 g/mol. The van der Waals surface area contributed by atoms with Gasteiger partial charge in [-0.15, -0.1) is 11.3 Å². The second-order valence-electron chi connectivity index (χ2n) is 5.73. The molecule has 8 heteroatoms. The lowest BCUT2D eigenvalue weighted by Gasteiger charge is -2.21. The molecule has 0 unspecified atom stereocenters. The molecule has 0 saturated carbocycles. The van der Waals surface area contributed by atoms with E-state index in [1.165, 1.54) is 18.3 Å². The van der Waals surface area contributed by atoms with Gasteiger partial charge >= 0.3 is 0 Å².